The Morgan fingerprint density at radius 3 is 2.26 bits per heavy atom. The first-order chi connectivity index (χ1) is 19.8. The van der Waals surface area contributed by atoms with Gasteiger partial charge in [-0.05, 0) is 58.1 Å². The van der Waals surface area contributed by atoms with Crippen LogP contribution >= 0.6 is 35.0 Å². The van der Waals surface area contributed by atoms with Gasteiger partial charge in [0.15, 0.2) is 5.16 Å². The van der Waals surface area contributed by atoms with Crippen molar-refractivity contribution in [2.24, 2.45) is 5.41 Å². The number of hydrogen-bond donors (Lipinski definition) is 0. The molecule has 10 nitrogen and oxygen atoms in total. The van der Waals surface area contributed by atoms with Crippen molar-refractivity contribution in [1.29, 1.82) is 0 Å². The van der Waals surface area contributed by atoms with Gasteiger partial charge >= 0.3 is 6.09 Å². The molecule has 1 spiro atoms. The summed E-state index contributed by atoms with van der Waals surface area (Å²) in [5.74, 6) is 1.42. The number of thioether (sulfide) groups is 1. The van der Waals surface area contributed by atoms with Crippen molar-refractivity contribution in [2.45, 2.75) is 69.8 Å². The van der Waals surface area contributed by atoms with Gasteiger partial charge in [0.05, 0.1) is 19.9 Å². The van der Waals surface area contributed by atoms with Crippen LogP contribution in [0.1, 0.15) is 52.0 Å². The van der Waals surface area contributed by atoms with Gasteiger partial charge in [-0.1, -0.05) is 35.0 Å². The van der Waals surface area contributed by atoms with Crippen molar-refractivity contribution in [3.05, 3.63) is 27.9 Å². The fraction of sp³-hybridized carbons (Fsp3) is 0.586. The molecule has 2 amide bonds. The largest absolute Gasteiger partial charge is 0.495 e. The highest BCUT2D eigenvalue weighted by atomic mass is 35.5. The van der Waals surface area contributed by atoms with Crippen LogP contribution in [0.3, 0.4) is 0 Å². The molecule has 1 aromatic heterocycles. The van der Waals surface area contributed by atoms with Crippen LogP contribution in [0.15, 0.2) is 17.4 Å². The van der Waals surface area contributed by atoms with Crippen LogP contribution in [-0.2, 0) is 16.1 Å². The molecule has 13 heteroatoms. The van der Waals surface area contributed by atoms with Crippen LogP contribution in [0.2, 0.25) is 10.0 Å². The number of aromatic nitrogens is 2. The van der Waals surface area contributed by atoms with E-state index in [2.05, 4.69) is 4.98 Å². The molecule has 2 aliphatic rings. The molecule has 0 unspecified atom stereocenters. The van der Waals surface area contributed by atoms with Gasteiger partial charge in [-0.2, -0.15) is 0 Å². The second-order valence-corrected chi connectivity index (χ2v) is 13.4. The van der Waals surface area contributed by atoms with E-state index >= 15 is 0 Å². The minimum Gasteiger partial charge on any atom is -0.495 e. The molecule has 0 bridgehead atoms. The Kier molecular flexibility index (Phi) is 9.94. The minimum atomic E-state index is -0.521. The zero-order chi connectivity index (χ0) is 30.8. The first-order valence-electron chi connectivity index (χ1n) is 13.8. The molecule has 4 rings (SSSR count). The third-order valence-corrected chi connectivity index (χ3v) is 9.20. The molecule has 2 aromatic rings. The third kappa shape index (κ3) is 6.78. The van der Waals surface area contributed by atoms with Crippen molar-refractivity contribution in [3.8, 4) is 11.5 Å². The number of ether oxygens (including phenoxy) is 3. The number of piperidine rings is 1. The van der Waals surface area contributed by atoms with Gasteiger partial charge in [-0.3, -0.25) is 9.69 Å². The summed E-state index contributed by atoms with van der Waals surface area (Å²) in [6, 6.07) is 1.64. The molecule has 1 saturated carbocycles. The van der Waals surface area contributed by atoms with E-state index in [4.69, 9.17) is 42.4 Å². The molecule has 2 heterocycles. The predicted molar refractivity (Wildman–Crippen MR) is 167 cm³/mol. The summed E-state index contributed by atoms with van der Waals surface area (Å²) in [5.41, 5.74) is 0.852. The second-order valence-electron chi connectivity index (χ2n) is 11.9. The van der Waals surface area contributed by atoms with Gasteiger partial charge in [0.25, 0.3) is 0 Å². The number of carbonyl (C=O) groups excluding carboxylic acids is 2. The van der Waals surface area contributed by atoms with Gasteiger partial charge in [-0.15, -0.1) is 0 Å². The van der Waals surface area contributed by atoms with Crippen molar-refractivity contribution < 1.29 is 23.8 Å². The number of likely N-dealkylation sites (tertiary alicyclic amines) is 1. The van der Waals surface area contributed by atoms with Crippen molar-refractivity contribution >= 4 is 59.0 Å². The maximum atomic E-state index is 12.6. The summed E-state index contributed by atoms with van der Waals surface area (Å²) < 4.78 is 16.4. The van der Waals surface area contributed by atoms with E-state index in [1.165, 1.54) is 26.0 Å². The van der Waals surface area contributed by atoms with Crippen molar-refractivity contribution in [1.82, 2.24) is 14.9 Å². The minimum absolute atomic E-state index is 0.00618. The summed E-state index contributed by atoms with van der Waals surface area (Å²) >= 11 is 14.7. The number of carbonyl (C=O) groups is 2. The number of hydrogen-bond acceptors (Lipinski definition) is 9. The van der Waals surface area contributed by atoms with E-state index in [1.807, 2.05) is 39.0 Å². The maximum Gasteiger partial charge on any atom is 0.410 e. The Bertz CT molecular complexity index is 1280. The summed E-state index contributed by atoms with van der Waals surface area (Å²) in [6.45, 7) is 7.24. The average molecular weight is 641 g/mol. The van der Waals surface area contributed by atoms with Gasteiger partial charge < -0.3 is 24.0 Å². The lowest BCUT2D eigenvalue weighted by atomic mass is 9.60. The van der Waals surface area contributed by atoms with Crippen LogP contribution in [0.4, 0.5) is 16.3 Å². The van der Waals surface area contributed by atoms with E-state index < -0.39 is 5.60 Å². The van der Waals surface area contributed by atoms with Crippen LogP contribution in [0.25, 0.3) is 0 Å². The van der Waals surface area contributed by atoms with E-state index in [9.17, 15) is 9.59 Å². The van der Waals surface area contributed by atoms with Gasteiger partial charge in [-0.25, -0.2) is 14.8 Å². The van der Waals surface area contributed by atoms with E-state index in [1.54, 1.807) is 22.1 Å². The van der Waals surface area contributed by atoms with Crippen molar-refractivity contribution in [3.63, 3.8) is 0 Å². The summed E-state index contributed by atoms with van der Waals surface area (Å²) in [5, 5.41) is 1.27. The van der Waals surface area contributed by atoms with Gasteiger partial charge in [0.2, 0.25) is 6.41 Å². The van der Waals surface area contributed by atoms with Gasteiger partial charge in [0.1, 0.15) is 33.0 Å². The summed E-state index contributed by atoms with van der Waals surface area (Å²) in [4.78, 5) is 39.7. The van der Waals surface area contributed by atoms with Crippen molar-refractivity contribution in [2.75, 3.05) is 50.4 Å². The molecule has 1 aromatic carbocycles. The van der Waals surface area contributed by atoms with E-state index in [0.717, 1.165) is 37.7 Å². The molecule has 1 aliphatic carbocycles. The normalized spacial score (nSPS) is 16.5. The number of anilines is 2. The Morgan fingerprint density at radius 1 is 1.17 bits per heavy atom. The Hall–Kier alpha value is -2.63. The average Bonchev–Trinajstić information content (AvgIpc) is 2.93. The first kappa shape index (κ1) is 32.3. The Morgan fingerprint density at radius 2 is 1.76 bits per heavy atom. The summed E-state index contributed by atoms with van der Waals surface area (Å²) in [6.07, 6.45) is 7.66. The maximum absolute atomic E-state index is 12.6. The number of methoxy groups -OCH3 is 2. The summed E-state index contributed by atoms with van der Waals surface area (Å²) in [7, 11) is 4.90. The van der Waals surface area contributed by atoms with Crippen LogP contribution < -0.4 is 19.3 Å². The molecule has 230 valence electrons. The fourth-order valence-corrected chi connectivity index (χ4v) is 6.83. The number of amides is 2. The van der Waals surface area contributed by atoms with Crippen LogP contribution in [-0.4, -0.2) is 79.6 Å². The third-order valence-electron chi connectivity index (χ3n) is 7.91. The molecular weight excluding hydrogens is 601 g/mol. The number of rotatable bonds is 9. The molecule has 0 N–H and O–H groups in total. The van der Waals surface area contributed by atoms with E-state index in [0.29, 0.717) is 57.8 Å². The topological polar surface area (TPSA) is 97.3 Å². The quantitative estimate of drug-likeness (QED) is 0.178. The van der Waals surface area contributed by atoms with Gasteiger partial charge in [0, 0.05) is 50.6 Å². The van der Waals surface area contributed by atoms with Crippen LogP contribution in [0, 0.1) is 5.41 Å². The predicted octanol–water partition coefficient (Wildman–Crippen LogP) is 6.30. The molecule has 0 radical (unpaired) electrons. The fourth-order valence-electron chi connectivity index (χ4n) is 5.70. The second kappa shape index (κ2) is 12.9. The molecule has 2 fully saturated rings. The molecule has 0 atom stereocenters. The Balaban J connectivity index is 1.52. The molecule has 42 heavy (non-hydrogen) atoms. The monoisotopic (exact) mass is 639 g/mol. The number of nitrogens with zero attached hydrogens (tertiary/aromatic N) is 5. The molecule has 1 saturated heterocycles. The highest BCUT2D eigenvalue weighted by Gasteiger charge is 2.49. The van der Waals surface area contributed by atoms with E-state index in [-0.39, 0.29) is 17.6 Å². The smallest absolute Gasteiger partial charge is 0.410 e. The lowest BCUT2D eigenvalue weighted by molar-refractivity contribution is -0.109. The Labute approximate surface area is 262 Å². The SMILES string of the molecule is COc1cc(OC)c(Cl)c(N(C)Cc2cnc(SC)nc2N(C=O)C2CC3(CCN(C(=O)OC(C)(C)C)CC3)C2)c1Cl. The number of benzene rings is 1. The highest BCUT2D eigenvalue weighted by Crippen LogP contribution is 2.52. The molecular formula is C29H39Cl2N5O5S. The molecule has 1 aliphatic heterocycles. The van der Waals surface area contributed by atoms with Crippen LogP contribution in [0.5, 0.6) is 11.5 Å². The zero-order valence-corrected chi connectivity index (χ0v) is 27.5. The highest BCUT2D eigenvalue weighted by molar-refractivity contribution is 7.98. The first-order valence-corrected chi connectivity index (χ1v) is 15.8. The zero-order valence-electron chi connectivity index (χ0n) is 25.2. The number of halogens is 2. The standard InChI is InChI=1S/C29H39Cl2N5O5S/c1-28(2,3)41-27(38)35-10-8-29(9-11-35)13-19(14-29)36(17-37)25-18(15-32-26(33-25)42-7)16-34(4)24-22(30)20(39-5)12-21(40-6)23(24)31/h12,15,17,19H,8-11,13-14,16H2,1-7H3. The lowest BCUT2D eigenvalue weighted by Crippen LogP contribution is -2.56. The lowest BCUT2D eigenvalue weighted by Gasteiger charge is -2.54.